The summed E-state index contributed by atoms with van der Waals surface area (Å²) < 4.78 is 13.1. The van der Waals surface area contributed by atoms with Crippen LogP contribution in [0.2, 0.25) is 0 Å². The number of halogens is 3. The lowest BCUT2D eigenvalue weighted by Gasteiger charge is -2.00. The van der Waals surface area contributed by atoms with Crippen molar-refractivity contribution in [3.05, 3.63) is 38.1 Å². The van der Waals surface area contributed by atoms with Crippen LogP contribution in [-0.2, 0) is 5.33 Å². The van der Waals surface area contributed by atoms with Crippen LogP contribution in [0.25, 0.3) is 0 Å². The summed E-state index contributed by atoms with van der Waals surface area (Å²) in [4.78, 5) is 9.84. The van der Waals surface area contributed by atoms with E-state index in [2.05, 4.69) is 31.9 Å². The van der Waals surface area contributed by atoms with Crippen LogP contribution in [0.4, 0.5) is 10.1 Å². The molecule has 13 heavy (non-hydrogen) atoms. The van der Waals surface area contributed by atoms with Gasteiger partial charge in [-0.15, -0.1) is 0 Å². The third-order valence-electron chi connectivity index (χ3n) is 1.46. The van der Waals surface area contributed by atoms with E-state index < -0.39 is 10.7 Å². The molecular formula is C7H4Br2FNO2. The maximum atomic E-state index is 12.9. The van der Waals surface area contributed by atoms with E-state index in [9.17, 15) is 14.5 Å². The molecule has 0 radical (unpaired) electrons. The van der Waals surface area contributed by atoms with Gasteiger partial charge in [-0.2, -0.15) is 0 Å². The summed E-state index contributed by atoms with van der Waals surface area (Å²) in [7, 11) is 0. The fourth-order valence-electron chi connectivity index (χ4n) is 0.855. The van der Waals surface area contributed by atoms with Gasteiger partial charge in [-0.3, -0.25) is 10.1 Å². The van der Waals surface area contributed by atoms with Crippen LogP contribution in [0.15, 0.2) is 16.6 Å². The topological polar surface area (TPSA) is 43.1 Å². The molecule has 0 saturated heterocycles. The van der Waals surface area contributed by atoms with Gasteiger partial charge in [0.1, 0.15) is 5.82 Å². The Hall–Kier alpha value is -0.490. The minimum absolute atomic E-state index is 0.211. The second-order valence-corrected chi connectivity index (χ2v) is 3.70. The first-order valence-electron chi connectivity index (χ1n) is 3.24. The molecular weight excluding hydrogens is 309 g/mol. The monoisotopic (exact) mass is 311 g/mol. The van der Waals surface area contributed by atoms with Crippen LogP contribution < -0.4 is 0 Å². The first kappa shape index (κ1) is 10.6. The molecule has 0 bridgehead atoms. The van der Waals surface area contributed by atoms with Crippen molar-refractivity contribution in [2.24, 2.45) is 0 Å². The van der Waals surface area contributed by atoms with Crippen molar-refractivity contribution >= 4 is 37.5 Å². The number of hydrogen-bond donors (Lipinski definition) is 0. The molecule has 0 aromatic heterocycles. The second-order valence-electron chi connectivity index (χ2n) is 2.29. The van der Waals surface area contributed by atoms with Crippen molar-refractivity contribution in [2.75, 3.05) is 0 Å². The van der Waals surface area contributed by atoms with Crippen LogP contribution in [0, 0.1) is 15.9 Å². The Labute approximate surface area is 90.3 Å². The smallest absolute Gasteiger partial charge is 0.258 e. The van der Waals surface area contributed by atoms with E-state index in [1.807, 2.05) is 0 Å². The van der Waals surface area contributed by atoms with E-state index in [0.29, 0.717) is 10.9 Å². The van der Waals surface area contributed by atoms with Crippen molar-refractivity contribution in [1.29, 1.82) is 0 Å². The molecule has 0 amide bonds. The summed E-state index contributed by atoms with van der Waals surface area (Å²) in [6.45, 7) is 0. The normalized spacial score (nSPS) is 10.1. The lowest BCUT2D eigenvalue weighted by atomic mass is 10.2. The molecule has 0 aliphatic carbocycles. The fourth-order valence-corrected chi connectivity index (χ4v) is 1.69. The van der Waals surface area contributed by atoms with Crippen molar-refractivity contribution in [1.82, 2.24) is 0 Å². The standard InChI is InChI=1S/C7H4Br2FNO2/c8-3-4-1-5(9)6(10)2-7(4)11(12)13/h1-2H,3H2. The molecule has 70 valence electrons. The van der Waals surface area contributed by atoms with Gasteiger partial charge in [-0.05, 0) is 22.0 Å². The molecule has 6 heteroatoms. The van der Waals surface area contributed by atoms with Gasteiger partial charge in [0.05, 0.1) is 15.5 Å². The van der Waals surface area contributed by atoms with E-state index in [0.717, 1.165) is 6.07 Å². The van der Waals surface area contributed by atoms with Crippen LogP contribution >= 0.6 is 31.9 Å². The van der Waals surface area contributed by atoms with Gasteiger partial charge in [-0.25, -0.2) is 4.39 Å². The molecule has 0 aliphatic heterocycles. The highest BCUT2D eigenvalue weighted by atomic mass is 79.9. The first-order chi connectivity index (χ1) is 6.06. The summed E-state index contributed by atoms with van der Waals surface area (Å²) >= 11 is 6.04. The molecule has 0 atom stereocenters. The molecule has 1 aromatic rings. The number of rotatable bonds is 2. The SMILES string of the molecule is O=[N+]([O-])c1cc(F)c(Br)cc1CBr. The molecule has 1 rings (SSSR count). The van der Waals surface area contributed by atoms with E-state index in [1.165, 1.54) is 6.07 Å². The molecule has 0 N–H and O–H groups in total. The van der Waals surface area contributed by atoms with Crippen LogP contribution in [-0.4, -0.2) is 4.92 Å². The summed E-state index contributed by atoms with van der Waals surface area (Å²) in [5.41, 5.74) is 0.232. The summed E-state index contributed by atoms with van der Waals surface area (Å²) in [5, 5.41) is 10.8. The quantitative estimate of drug-likeness (QED) is 0.477. The van der Waals surface area contributed by atoms with Gasteiger partial charge in [0.15, 0.2) is 0 Å². The third kappa shape index (κ3) is 2.25. The molecule has 0 saturated carbocycles. The maximum absolute atomic E-state index is 12.9. The van der Waals surface area contributed by atoms with E-state index in [1.54, 1.807) is 0 Å². The minimum Gasteiger partial charge on any atom is -0.258 e. The molecule has 0 fully saturated rings. The van der Waals surface area contributed by atoms with Crippen LogP contribution in [0.3, 0.4) is 0 Å². The largest absolute Gasteiger partial charge is 0.276 e. The molecule has 3 nitrogen and oxygen atoms in total. The maximum Gasteiger partial charge on any atom is 0.276 e. The average molecular weight is 313 g/mol. The van der Waals surface area contributed by atoms with Crippen molar-refractivity contribution < 1.29 is 9.31 Å². The Morgan fingerprint density at radius 2 is 2.15 bits per heavy atom. The molecule has 1 aromatic carbocycles. The zero-order chi connectivity index (χ0) is 10.0. The molecule has 0 heterocycles. The molecule has 0 unspecified atom stereocenters. The number of nitro benzene ring substituents is 1. The zero-order valence-corrected chi connectivity index (χ0v) is 9.43. The summed E-state index contributed by atoms with van der Waals surface area (Å²) in [6, 6.07) is 2.29. The predicted octanol–water partition coefficient (Wildman–Crippen LogP) is 3.39. The van der Waals surface area contributed by atoms with Gasteiger partial charge in [0.2, 0.25) is 0 Å². The highest BCUT2D eigenvalue weighted by Crippen LogP contribution is 2.27. The minimum atomic E-state index is -0.628. The number of hydrogen-bond acceptors (Lipinski definition) is 2. The lowest BCUT2D eigenvalue weighted by Crippen LogP contribution is -1.95. The molecule has 0 aliphatic rings. The number of nitrogens with zero attached hydrogens (tertiary/aromatic N) is 1. The van der Waals surface area contributed by atoms with Gasteiger partial charge in [0.25, 0.3) is 5.69 Å². The van der Waals surface area contributed by atoms with Crippen molar-refractivity contribution in [3.8, 4) is 0 Å². The summed E-state index contributed by atoms with van der Waals surface area (Å²) in [6.07, 6.45) is 0. The zero-order valence-electron chi connectivity index (χ0n) is 6.26. The Morgan fingerprint density at radius 1 is 1.54 bits per heavy atom. The number of nitro groups is 1. The highest BCUT2D eigenvalue weighted by Gasteiger charge is 2.16. The molecule has 0 spiro atoms. The van der Waals surface area contributed by atoms with Gasteiger partial charge in [-0.1, -0.05) is 15.9 Å². The van der Waals surface area contributed by atoms with E-state index in [-0.39, 0.29) is 10.2 Å². The highest BCUT2D eigenvalue weighted by molar-refractivity contribution is 9.10. The third-order valence-corrected chi connectivity index (χ3v) is 2.67. The lowest BCUT2D eigenvalue weighted by molar-refractivity contribution is -0.385. The van der Waals surface area contributed by atoms with Crippen LogP contribution in [0.1, 0.15) is 5.56 Å². The van der Waals surface area contributed by atoms with E-state index in [4.69, 9.17) is 0 Å². The Bertz CT molecular complexity index is 357. The number of benzene rings is 1. The average Bonchev–Trinajstić information content (AvgIpc) is 2.08. The summed E-state index contributed by atoms with van der Waals surface area (Å²) in [5.74, 6) is -0.628. The van der Waals surface area contributed by atoms with Gasteiger partial charge >= 0.3 is 0 Å². The fraction of sp³-hybridized carbons (Fsp3) is 0.143. The van der Waals surface area contributed by atoms with Crippen molar-refractivity contribution in [3.63, 3.8) is 0 Å². The number of alkyl halides is 1. The van der Waals surface area contributed by atoms with Crippen LogP contribution in [0.5, 0.6) is 0 Å². The second kappa shape index (κ2) is 4.15. The Kier molecular flexibility index (Phi) is 3.38. The first-order valence-corrected chi connectivity index (χ1v) is 5.16. The predicted molar refractivity (Wildman–Crippen MR) is 53.4 cm³/mol. The van der Waals surface area contributed by atoms with Gasteiger partial charge in [0, 0.05) is 10.9 Å². The van der Waals surface area contributed by atoms with E-state index >= 15 is 0 Å². The Balaban J connectivity index is 3.33. The Morgan fingerprint density at radius 3 is 2.62 bits per heavy atom. The van der Waals surface area contributed by atoms with Crippen molar-refractivity contribution in [2.45, 2.75) is 5.33 Å². The van der Waals surface area contributed by atoms with Gasteiger partial charge < -0.3 is 0 Å².